The van der Waals surface area contributed by atoms with Crippen molar-refractivity contribution in [2.24, 2.45) is 10.6 Å². The minimum atomic E-state index is -0.173. The van der Waals surface area contributed by atoms with E-state index in [1.165, 1.54) is 0 Å². The number of rotatable bonds is 2. The fourth-order valence-corrected chi connectivity index (χ4v) is 1.22. The van der Waals surface area contributed by atoms with Crippen molar-refractivity contribution in [3.05, 3.63) is 11.1 Å². The van der Waals surface area contributed by atoms with E-state index in [9.17, 15) is 0 Å². The Bertz CT molecular complexity index is 339. The largest absolute Gasteiger partial charge is 0.411 e. The average molecular weight is 261 g/mol. The lowest BCUT2D eigenvalue weighted by Gasteiger charge is -2.19. The van der Waals surface area contributed by atoms with Crippen LogP contribution in [0.3, 0.4) is 0 Å². The first-order valence-electron chi connectivity index (χ1n) is 4.20. The molecule has 0 saturated heterocycles. The van der Waals surface area contributed by atoms with Crippen LogP contribution in [0.15, 0.2) is 16.2 Å². The molecule has 0 aliphatic heterocycles. The predicted molar refractivity (Wildman–Crippen MR) is 56.4 cm³/mol. The van der Waals surface area contributed by atoms with Crippen molar-refractivity contribution >= 4 is 21.6 Å². The summed E-state index contributed by atoms with van der Waals surface area (Å²) >= 11 is 3.15. The van der Waals surface area contributed by atoms with Gasteiger partial charge in [0.1, 0.15) is 6.33 Å². The summed E-state index contributed by atoms with van der Waals surface area (Å²) in [6.45, 7) is 6.38. The van der Waals surface area contributed by atoms with Gasteiger partial charge in [-0.25, -0.2) is 9.67 Å². The minimum Gasteiger partial charge on any atom is -0.411 e. The van der Waals surface area contributed by atoms with E-state index >= 15 is 0 Å². The summed E-state index contributed by atoms with van der Waals surface area (Å²) in [5, 5.41) is 16.2. The van der Waals surface area contributed by atoms with Crippen LogP contribution in [0.25, 0.3) is 0 Å². The van der Waals surface area contributed by atoms with E-state index in [0.717, 1.165) is 0 Å². The molecule has 0 spiro atoms. The van der Waals surface area contributed by atoms with Gasteiger partial charge in [-0.1, -0.05) is 25.9 Å². The first-order valence-corrected chi connectivity index (χ1v) is 4.99. The Hall–Kier alpha value is -0.910. The quantitative estimate of drug-likeness (QED) is 0.502. The maximum atomic E-state index is 8.84. The molecule has 0 aromatic carbocycles. The van der Waals surface area contributed by atoms with E-state index in [1.807, 2.05) is 20.8 Å². The zero-order chi connectivity index (χ0) is 10.8. The standard InChI is InChI=1S/C8H13BrN4O/c1-8(2,3)6(12-14)4-13-5-10-7(9)11-13/h5,14H,4H2,1-3H3. The highest BCUT2D eigenvalue weighted by Gasteiger charge is 2.20. The molecule has 0 fully saturated rings. The second kappa shape index (κ2) is 4.08. The summed E-state index contributed by atoms with van der Waals surface area (Å²) < 4.78 is 2.15. The van der Waals surface area contributed by atoms with Crippen LogP contribution in [0.1, 0.15) is 20.8 Å². The highest BCUT2D eigenvalue weighted by molar-refractivity contribution is 9.10. The molecule has 14 heavy (non-hydrogen) atoms. The molecular weight excluding hydrogens is 248 g/mol. The third-order valence-corrected chi connectivity index (χ3v) is 2.17. The lowest BCUT2D eigenvalue weighted by Crippen LogP contribution is -2.25. The molecule has 1 heterocycles. The smallest absolute Gasteiger partial charge is 0.217 e. The number of nitrogens with zero attached hydrogens (tertiary/aromatic N) is 4. The molecule has 0 aliphatic carbocycles. The van der Waals surface area contributed by atoms with E-state index in [4.69, 9.17) is 5.21 Å². The van der Waals surface area contributed by atoms with Crippen LogP contribution in [-0.2, 0) is 6.54 Å². The first kappa shape index (κ1) is 11.2. The Morgan fingerprint density at radius 1 is 1.64 bits per heavy atom. The van der Waals surface area contributed by atoms with Crippen molar-refractivity contribution in [1.29, 1.82) is 0 Å². The monoisotopic (exact) mass is 260 g/mol. The summed E-state index contributed by atoms with van der Waals surface area (Å²) in [6.07, 6.45) is 1.58. The maximum Gasteiger partial charge on any atom is 0.217 e. The highest BCUT2D eigenvalue weighted by atomic mass is 79.9. The van der Waals surface area contributed by atoms with E-state index in [2.05, 4.69) is 31.2 Å². The van der Waals surface area contributed by atoms with Gasteiger partial charge in [0.25, 0.3) is 0 Å². The van der Waals surface area contributed by atoms with E-state index in [1.54, 1.807) is 11.0 Å². The second-order valence-electron chi connectivity index (χ2n) is 4.01. The molecule has 0 aliphatic rings. The maximum absolute atomic E-state index is 8.84. The highest BCUT2D eigenvalue weighted by Crippen LogP contribution is 2.17. The summed E-state index contributed by atoms with van der Waals surface area (Å²) in [5.41, 5.74) is 0.489. The fraction of sp³-hybridized carbons (Fsp3) is 0.625. The van der Waals surface area contributed by atoms with Crippen LogP contribution in [0.2, 0.25) is 0 Å². The summed E-state index contributed by atoms with van der Waals surface area (Å²) in [5.74, 6) is 0. The van der Waals surface area contributed by atoms with Crippen molar-refractivity contribution in [2.45, 2.75) is 27.3 Å². The van der Waals surface area contributed by atoms with Gasteiger partial charge in [0.2, 0.25) is 4.73 Å². The predicted octanol–water partition coefficient (Wildman–Crippen LogP) is 1.92. The minimum absolute atomic E-state index is 0.173. The summed E-state index contributed by atoms with van der Waals surface area (Å²) in [6, 6.07) is 0. The van der Waals surface area contributed by atoms with Crippen LogP contribution in [0, 0.1) is 5.41 Å². The zero-order valence-corrected chi connectivity index (χ0v) is 9.98. The third kappa shape index (κ3) is 2.80. The third-order valence-electron chi connectivity index (χ3n) is 1.81. The Morgan fingerprint density at radius 2 is 2.29 bits per heavy atom. The molecule has 0 amide bonds. The molecule has 1 aromatic heterocycles. The fourth-order valence-electron chi connectivity index (χ4n) is 0.920. The Balaban J connectivity index is 2.77. The van der Waals surface area contributed by atoms with Gasteiger partial charge in [-0.3, -0.25) is 0 Å². The SMILES string of the molecule is CC(C)(C)C(Cn1cnc(Br)n1)=NO. The van der Waals surface area contributed by atoms with Gasteiger partial charge in [0.05, 0.1) is 12.3 Å². The molecule has 1 rings (SSSR count). The van der Waals surface area contributed by atoms with Crippen molar-refractivity contribution in [2.75, 3.05) is 0 Å². The van der Waals surface area contributed by atoms with Gasteiger partial charge >= 0.3 is 0 Å². The lowest BCUT2D eigenvalue weighted by atomic mass is 9.90. The molecule has 0 bridgehead atoms. The van der Waals surface area contributed by atoms with E-state index in [-0.39, 0.29) is 5.41 Å². The van der Waals surface area contributed by atoms with Crippen LogP contribution in [0.4, 0.5) is 0 Å². The summed E-state index contributed by atoms with van der Waals surface area (Å²) in [4.78, 5) is 3.92. The van der Waals surface area contributed by atoms with Crippen molar-refractivity contribution in [3.8, 4) is 0 Å². The van der Waals surface area contributed by atoms with E-state index in [0.29, 0.717) is 17.0 Å². The average Bonchev–Trinajstić information content (AvgIpc) is 2.45. The van der Waals surface area contributed by atoms with Gasteiger partial charge in [-0.15, -0.1) is 5.10 Å². The van der Waals surface area contributed by atoms with Crippen molar-refractivity contribution in [1.82, 2.24) is 14.8 Å². The Kier molecular flexibility index (Phi) is 3.25. The van der Waals surface area contributed by atoms with Gasteiger partial charge < -0.3 is 5.21 Å². The number of hydrogen-bond acceptors (Lipinski definition) is 4. The molecule has 0 radical (unpaired) electrons. The van der Waals surface area contributed by atoms with Gasteiger partial charge in [0.15, 0.2) is 0 Å². The number of halogens is 1. The Morgan fingerprint density at radius 3 is 2.64 bits per heavy atom. The van der Waals surface area contributed by atoms with Crippen molar-refractivity contribution < 1.29 is 5.21 Å². The van der Waals surface area contributed by atoms with Crippen LogP contribution in [-0.4, -0.2) is 25.7 Å². The number of oxime groups is 1. The molecular formula is C8H13BrN4O. The number of aromatic nitrogens is 3. The van der Waals surface area contributed by atoms with Gasteiger partial charge in [0, 0.05) is 5.41 Å². The topological polar surface area (TPSA) is 63.3 Å². The molecule has 0 atom stereocenters. The molecule has 6 heteroatoms. The second-order valence-corrected chi connectivity index (χ2v) is 4.72. The molecule has 1 N–H and O–H groups in total. The van der Waals surface area contributed by atoms with Crippen LogP contribution < -0.4 is 0 Å². The lowest BCUT2D eigenvalue weighted by molar-refractivity contribution is 0.307. The molecule has 5 nitrogen and oxygen atoms in total. The van der Waals surface area contributed by atoms with Gasteiger partial charge in [-0.05, 0) is 15.9 Å². The molecule has 0 saturated carbocycles. The molecule has 78 valence electrons. The van der Waals surface area contributed by atoms with E-state index < -0.39 is 0 Å². The number of hydrogen-bond donors (Lipinski definition) is 1. The van der Waals surface area contributed by atoms with Crippen molar-refractivity contribution in [3.63, 3.8) is 0 Å². The molecule has 1 aromatic rings. The van der Waals surface area contributed by atoms with Crippen LogP contribution in [0.5, 0.6) is 0 Å². The normalized spacial score (nSPS) is 13.3. The molecule has 0 unspecified atom stereocenters. The van der Waals surface area contributed by atoms with Crippen LogP contribution >= 0.6 is 15.9 Å². The zero-order valence-electron chi connectivity index (χ0n) is 8.40. The Labute approximate surface area is 91.0 Å². The summed E-state index contributed by atoms with van der Waals surface area (Å²) in [7, 11) is 0. The van der Waals surface area contributed by atoms with Gasteiger partial charge in [-0.2, -0.15) is 0 Å². The first-order chi connectivity index (χ1) is 6.43.